The van der Waals surface area contributed by atoms with Gasteiger partial charge in [0, 0.05) is 23.7 Å². The van der Waals surface area contributed by atoms with Crippen molar-refractivity contribution in [3.8, 4) is 0 Å². The van der Waals surface area contributed by atoms with Crippen LogP contribution in [0.15, 0.2) is 47.4 Å². The van der Waals surface area contributed by atoms with Crippen molar-refractivity contribution in [2.75, 3.05) is 55.3 Å². The van der Waals surface area contributed by atoms with Gasteiger partial charge < -0.3 is 19.7 Å². The van der Waals surface area contributed by atoms with Crippen molar-refractivity contribution in [3.05, 3.63) is 68.2 Å². The van der Waals surface area contributed by atoms with E-state index in [0.717, 1.165) is 22.7 Å². The van der Waals surface area contributed by atoms with E-state index in [9.17, 15) is 10.0 Å². The third kappa shape index (κ3) is 4.63. The molecule has 0 bridgehead atoms. The zero-order valence-electron chi connectivity index (χ0n) is 16.7. The molecule has 1 amide bonds. The van der Waals surface area contributed by atoms with Crippen molar-refractivity contribution in [2.45, 2.75) is 0 Å². The Kier molecular flexibility index (Phi) is 6.32. The number of amides is 1. The molecule has 2 aliphatic rings. The van der Waals surface area contributed by atoms with Crippen molar-refractivity contribution in [3.63, 3.8) is 0 Å². The lowest BCUT2D eigenvalue weighted by Gasteiger charge is -2.46. The van der Waals surface area contributed by atoms with Gasteiger partial charge in [0.25, 0.3) is 5.91 Å². The molecular formula is C22H23Cl2N3O2S. The Morgan fingerprint density at radius 2 is 1.80 bits per heavy atom. The first-order valence-electron chi connectivity index (χ1n) is 9.85. The van der Waals surface area contributed by atoms with Crippen LogP contribution < -0.4 is 9.80 Å². The maximum absolute atomic E-state index is 13.2. The first-order chi connectivity index (χ1) is 14.3. The highest BCUT2D eigenvalue weighted by Crippen LogP contribution is 2.34. The summed E-state index contributed by atoms with van der Waals surface area (Å²) < 4.78 is -0.202. The molecule has 158 valence electrons. The minimum atomic E-state index is -0.202. The maximum atomic E-state index is 13.2. The van der Waals surface area contributed by atoms with Gasteiger partial charge in [-0.25, -0.2) is 0 Å². The second-order valence-corrected chi connectivity index (χ2v) is 9.65. The molecule has 2 aromatic carbocycles. The number of rotatable bonds is 3. The third-order valence-corrected chi connectivity index (χ3v) is 7.22. The van der Waals surface area contributed by atoms with Crippen molar-refractivity contribution in [2.24, 2.45) is 0 Å². The number of thioether (sulfide) groups is 1. The molecule has 8 heteroatoms. The lowest BCUT2D eigenvalue weighted by molar-refractivity contribution is -0.861. The lowest BCUT2D eigenvalue weighted by Crippen LogP contribution is -2.53. The van der Waals surface area contributed by atoms with Crippen LogP contribution in [-0.2, 0) is 4.79 Å². The number of quaternary nitrogens is 1. The largest absolute Gasteiger partial charge is 0.633 e. The minimum absolute atomic E-state index is 0.0399. The average molecular weight is 464 g/mol. The van der Waals surface area contributed by atoms with Gasteiger partial charge in [-0.1, -0.05) is 41.4 Å². The van der Waals surface area contributed by atoms with Crippen molar-refractivity contribution in [1.29, 1.82) is 0 Å². The topological polar surface area (TPSA) is 46.6 Å². The number of nitrogens with zero attached hydrogens (tertiary/aromatic N) is 3. The summed E-state index contributed by atoms with van der Waals surface area (Å²) in [6.07, 6.45) is 1.96. The van der Waals surface area contributed by atoms with Crippen LogP contribution in [0.3, 0.4) is 0 Å². The Labute approximate surface area is 191 Å². The number of para-hydroxylation sites is 1. The van der Waals surface area contributed by atoms with Gasteiger partial charge in [0.1, 0.15) is 0 Å². The number of anilines is 2. The van der Waals surface area contributed by atoms with Gasteiger partial charge in [-0.05, 0) is 35.9 Å². The molecule has 0 aliphatic carbocycles. The Hall–Kier alpha value is -1.70. The highest BCUT2D eigenvalue weighted by atomic mass is 35.5. The fourth-order valence-corrected chi connectivity index (χ4v) is 4.94. The van der Waals surface area contributed by atoms with E-state index in [1.54, 1.807) is 35.8 Å². The quantitative estimate of drug-likeness (QED) is 0.369. The van der Waals surface area contributed by atoms with E-state index in [2.05, 4.69) is 11.0 Å². The smallest absolute Gasteiger partial charge is 0.264 e. The van der Waals surface area contributed by atoms with Crippen LogP contribution in [0.4, 0.5) is 11.4 Å². The molecule has 2 aromatic rings. The molecular weight excluding hydrogens is 441 g/mol. The van der Waals surface area contributed by atoms with E-state index in [1.165, 1.54) is 0 Å². The second-order valence-electron chi connectivity index (χ2n) is 7.70. The molecule has 0 radical (unpaired) electrons. The summed E-state index contributed by atoms with van der Waals surface area (Å²) in [5.74, 6) is 0.761. The van der Waals surface area contributed by atoms with Gasteiger partial charge in [0.2, 0.25) is 0 Å². The first kappa shape index (κ1) is 21.5. The molecule has 0 atom stereocenters. The van der Waals surface area contributed by atoms with Crippen LogP contribution >= 0.6 is 35.0 Å². The van der Waals surface area contributed by atoms with E-state index in [-0.39, 0.29) is 10.6 Å². The second kappa shape index (κ2) is 8.81. The van der Waals surface area contributed by atoms with Crippen molar-refractivity contribution in [1.82, 2.24) is 0 Å². The summed E-state index contributed by atoms with van der Waals surface area (Å²) >= 11 is 13.7. The third-order valence-electron chi connectivity index (χ3n) is 5.49. The molecule has 2 heterocycles. The number of likely N-dealkylation sites (N-methyl/N-ethyl adjacent to an activating group) is 1. The number of hydrogen-bond donors (Lipinski definition) is 0. The van der Waals surface area contributed by atoms with E-state index in [1.807, 2.05) is 30.3 Å². The molecule has 0 unspecified atom stereocenters. The number of hydrogen-bond acceptors (Lipinski definition) is 4. The molecule has 0 aromatic heterocycles. The van der Waals surface area contributed by atoms with E-state index >= 15 is 0 Å². The van der Waals surface area contributed by atoms with Crippen LogP contribution in [0.2, 0.25) is 10.0 Å². The van der Waals surface area contributed by atoms with Gasteiger partial charge in [0.05, 0.1) is 48.2 Å². The molecule has 0 N–H and O–H groups in total. The highest BCUT2D eigenvalue weighted by Gasteiger charge is 2.27. The zero-order chi connectivity index (χ0) is 21.3. The van der Waals surface area contributed by atoms with Crippen LogP contribution in [0.5, 0.6) is 0 Å². The summed E-state index contributed by atoms with van der Waals surface area (Å²) in [6.45, 7) is 3.15. The standard InChI is InChI=1S/C22H23Cl2N3O2S/c1-27(29)11-8-25(9-12-27)20-5-3-2-4-16(20)14-21-22(28)26(10-13-30-21)17-6-7-18(23)19(24)15-17/h2-7,14-15H,8-13H2,1H3. The van der Waals surface area contributed by atoms with Crippen LogP contribution in [0.1, 0.15) is 5.56 Å². The van der Waals surface area contributed by atoms with E-state index < -0.39 is 0 Å². The number of carbonyl (C=O) groups is 1. The molecule has 2 saturated heterocycles. The molecule has 0 spiro atoms. The Bertz CT molecular complexity index is 986. The summed E-state index contributed by atoms with van der Waals surface area (Å²) in [5, 5.41) is 13.1. The number of piperazine rings is 1. The van der Waals surface area contributed by atoms with Crippen LogP contribution in [-0.4, -0.2) is 56.1 Å². The predicted octanol–water partition coefficient (Wildman–Crippen LogP) is 4.88. The van der Waals surface area contributed by atoms with Crippen LogP contribution in [0, 0.1) is 5.21 Å². The molecule has 30 heavy (non-hydrogen) atoms. The van der Waals surface area contributed by atoms with Crippen molar-refractivity contribution < 1.29 is 9.44 Å². The summed E-state index contributed by atoms with van der Waals surface area (Å²) in [6, 6.07) is 13.3. The zero-order valence-corrected chi connectivity index (χ0v) is 19.0. The predicted molar refractivity (Wildman–Crippen MR) is 127 cm³/mol. The number of halogens is 2. The normalized spacial score (nSPS) is 20.7. The van der Waals surface area contributed by atoms with Gasteiger partial charge in [-0.15, -0.1) is 11.8 Å². The lowest BCUT2D eigenvalue weighted by atomic mass is 10.1. The van der Waals surface area contributed by atoms with Gasteiger partial charge in [-0.2, -0.15) is 0 Å². The SMILES string of the molecule is C[N+]1([O-])CCN(c2ccccc2C=C2SCCN(c3ccc(Cl)c(Cl)c3)C2=O)CC1. The summed E-state index contributed by atoms with van der Waals surface area (Å²) in [5.41, 5.74) is 2.80. The Balaban J connectivity index is 1.60. The number of benzene rings is 2. The van der Waals surface area contributed by atoms with Gasteiger partial charge in [0.15, 0.2) is 0 Å². The monoisotopic (exact) mass is 463 g/mol. The highest BCUT2D eigenvalue weighted by molar-refractivity contribution is 8.04. The average Bonchev–Trinajstić information content (AvgIpc) is 2.72. The Morgan fingerprint density at radius 1 is 1.07 bits per heavy atom. The molecule has 5 nitrogen and oxygen atoms in total. The fourth-order valence-electron chi connectivity index (χ4n) is 3.71. The van der Waals surface area contributed by atoms with Gasteiger partial charge >= 0.3 is 0 Å². The minimum Gasteiger partial charge on any atom is -0.633 e. The first-order valence-corrected chi connectivity index (χ1v) is 11.6. The maximum Gasteiger partial charge on any atom is 0.264 e. The van der Waals surface area contributed by atoms with E-state index in [4.69, 9.17) is 23.2 Å². The van der Waals surface area contributed by atoms with Gasteiger partial charge in [-0.3, -0.25) is 4.79 Å². The number of hydroxylamine groups is 3. The summed E-state index contributed by atoms with van der Waals surface area (Å²) in [4.78, 5) is 17.9. The molecule has 0 saturated carbocycles. The number of carbonyl (C=O) groups excluding carboxylic acids is 1. The molecule has 2 aliphatic heterocycles. The summed E-state index contributed by atoms with van der Waals surface area (Å²) in [7, 11) is 1.72. The Morgan fingerprint density at radius 3 is 2.53 bits per heavy atom. The van der Waals surface area contributed by atoms with Crippen molar-refractivity contribution >= 4 is 58.3 Å². The van der Waals surface area contributed by atoms with E-state index in [0.29, 0.717) is 47.7 Å². The van der Waals surface area contributed by atoms with Crippen LogP contribution in [0.25, 0.3) is 6.08 Å². The molecule has 2 fully saturated rings. The fraction of sp³-hybridized carbons (Fsp3) is 0.318. The molecule has 4 rings (SSSR count).